The molecule has 3 rings (SSSR count). The molecule has 1 saturated carbocycles. The Bertz CT molecular complexity index is 504. The molecule has 0 saturated heterocycles. The number of aliphatic hydroxyl groups excluding tert-OH is 1. The van der Waals surface area contributed by atoms with Crippen molar-refractivity contribution in [3.05, 3.63) is 35.5 Å². The number of rotatable bonds is 2. The van der Waals surface area contributed by atoms with E-state index < -0.39 is 0 Å². The van der Waals surface area contributed by atoms with E-state index in [2.05, 4.69) is 10.4 Å². The third kappa shape index (κ3) is 2.44. The van der Waals surface area contributed by atoms with Crippen LogP contribution in [0.25, 0.3) is 10.7 Å². The Morgan fingerprint density at radius 1 is 1.17 bits per heavy atom. The lowest BCUT2D eigenvalue weighted by atomic mass is 9.86. The summed E-state index contributed by atoms with van der Waals surface area (Å²) in [6, 6.07) is 5.90. The van der Waals surface area contributed by atoms with Crippen molar-refractivity contribution in [2.24, 2.45) is 0 Å². The fourth-order valence-electron chi connectivity index (χ4n) is 2.45. The van der Waals surface area contributed by atoms with Crippen molar-refractivity contribution in [1.82, 2.24) is 9.97 Å². The first-order valence-electron chi connectivity index (χ1n) is 6.38. The third-order valence-corrected chi connectivity index (χ3v) is 4.40. The molecule has 0 aromatic carbocycles. The van der Waals surface area contributed by atoms with Crippen molar-refractivity contribution < 1.29 is 5.11 Å². The second-order valence-electron chi connectivity index (χ2n) is 4.80. The smallest absolute Gasteiger partial charge is 0.142 e. The predicted octanol–water partition coefficient (Wildman–Crippen LogP) is 3.22. The fourth-order valence-corrected chi connectivity index (χ4v) is 3.33. The van der Waals surface area contributed by atoms with Gasteiger partial charge in [0, 0.05) is 17.5 Å². The van der Waals surface area contributed by atoms with Gasteiger partial charge in [-0.1, -0.05) is 6.07 Å². The molecule has 3 nitrogen and oxygen atoms in total. The Balaban J connectivity index is 1.78. The Morgan fingerprint density at radius 2 is 2.00 bits per heavy atom. The van der Waals surface area contributed by atoms with Crippen LogP contribution in [0.15, 0.2) is 29.8 Å². The first kappa shape index (κ1) is 11.8. The standard InChI is InChI=1S/C14H16N2OS/c17-11-6-4-10(5-7-11)13-9-18-14(16-13)12-3-1-2-8-15-12/h1-3,8-11,17H,4-7H2. The van der Waals surface area contributed by atoms with E-state index in [9.17, 15) is 5.11 Å². The van der Waals surface area contributed by atoms with Gasteiger partial charge in [-0.05, 0) is 37.8 Å². The van der Waals surface area contributed by atoms with Crippen LogP contribution in [-0.2, 0) is 0 Å². The van der Waals surface area contributed by atoms with E-state index in [0.717, 1.165) is 36.4 Å². The molecule has 94 valence electrons. The molecule has 1 aliphatic rings. The maximum absolute atomic E-state index is 9.53. The summed E-state index contributed by atoms with van der Waals surface area (Å²) >= 11 is 1.66. The molecule has 0 atom stereocenters. The molecule has 0 spiro atoms. The molecule has 0 aliphatic heterocycles. The van der Waals surface area contributed by atoms with Gasteiger partial charge in [-0.3, -0.25) is 4.98 Å². The first-order chi connectivity index (χ1) is 8.83. The van der Waals surface area contributed by atoms with Gasteiger partial charge in [0.2, 0.25) is 0 Å². The summed E-state index contributed by atoms with van der Waals surface area (Å²) in [5.74, 6) is 0.516. The highest BCUT2D eigenvalue weighted by Gasteiger charge is 2.22. The van der Waals surface area contributed by atoms with Crippen molar-refractivity contribution in [2.45, 2.75) is 37.7 Å². The summed E-state index contributed by atoms with van der Waals surface area (Å²) in [5.41, 5.74) is 2.12. The quantitative estimate of drug-likeness (QED) is 0.901. The number of aliphatic hydroxyl groups is 1. The van der Waals surface area contributed by atoms with Crippen LogP contribution in [0.5, 0.6) is 0 Å². The van der Waals surface area contributed by atoms with Crippen LogP contribution in [0, 0.1) is 0 Å². The topological polar surface area (TPSA) is 46.0 Å². The molecule has 0 unspecified atom stereocenters. The zero-order valence-corrected chi connectivity index (χ0v) is 10.9. The summed E-state index contributed by atoms with van der Waals surface area (Å²) < 4.78 is 0. The maximum atomic E-state index is 9.53. The van der Waals surface area contributed by atoms with Crippen LogP contribution in [-0.4, -0.2) is 21.2 Å². The second kappa shape index (κ2) is 5.16. The molecule has 2 aromatic heterocycles. The van der Waals surface area contributed by atoms with Gasteiger partial charge in [-0.2, -0.15) is 0 Å². The Morgan fingerprint density at radius 3 is 2.72 bits per heavy atom. The summed E-state index contributed by atoms with van der Waals surface area (Å²) in [6.45, 7) is 0. The van der Waals surface area contributed by atoms with E-state index in [1.54, 1.807) is 17.5 Å². The predicted molar refractivity (Wildman–Crippen MR) is 72.6 cm³/mol. The Kier molecular flexibility index (Phi) is 3.39. The lowest BCUT2D eigenvalue weighted by molar-refractivity contribution is 0.122. The fraction of sp³-hybridized carbons (Fsp3) is 0.429. The van der Waals surface area contributed by atoms with E-state index in [4.69, 9.17) is 4.98 Å². The summed E-state index contributed by atoms with van der Waals surface area (Å²) in [5, 5.41) is 12.7. The minimum atomic E-state index is -0.102. The van der Waals surface area contributed by atoms with Gasteiger partial charge >= 0.3 is 0 Å². The highest BCUT2D eigenvalue weighted by atomic mass is 32.1. The van der Waals surface area contributed by atoms with Crippen LogP contribution >= 0.6 is 11.3 Å². The van der Waals surface area contributed by atoms with Crippen molar-refractivity contribution in [3.63, 3.8) is 0 Å². The van der Waals surface area contributed by atoms with Crippen LogP contribution in [0.3, 0.4) is 0 Å². The molecule has 1 aliphatic carbocycles. The maximum Gasteiger partial charge on any atom is 0.142 e. The normalized spacial score (nSPS) is 24.1. The zero-order valence-electron chi connectivity index (χ0n) is 10.1. The van der Waals surface area contributed by atoms with Crippen molar-refractivity contribution in [3.8, 4) is 10.7 Å². The molecule has 4 heteroatoms. The summed E-state index contributed by atoms with van der Waals surface area (Å²) in [4.78, 5) is 9.03. The van der Waals surface area contributed by atoms with Gasteiger partial charge in [0.25, 0.3) is 0 Å². The van der Waals surface area contributed by atoms with Gasteiger partial charge in [0.1, 0.15) is 5.01 Å². The van der Waals surface area contributed by atoms with Crippen LogP contribution in [0.1, 0.15) is 37.3 Å². The molecule has 18 heavy (non-hydrogen) atoms. The van der Waals surface area contributed by atoms with E-state index in [1.807, 2.05) is 18.2 Å². The number of nitrogens with zero attached hydrogens (tertiary/aromatic N) is 2. The average Bonchev–Trinajstić information content (AvgIpc) is 2.90. The molecule has 0 amide bonds. The first-order valence-corrected chi connectivity index (χ1v) is 7.26. The lowest BCUT2D eigenvalue weighted by Crippen LogP contribution is -2.17. The molecule has 1 fully saturated rings. The number of pyridine rings is 1. The minimum absolute atomic E-state index is 0.102. The number of thiazole rings is 1. The largest absolute Gasteiger partial charge is 0.393 e. The van der Waals surface area contributed by atoms with E-state index in [1.165, 1.54) is 5.69 Å². The van der Waals surface area contributed by atoms with Gasteiger partial charge in [0.05, 0.1) is 17.5 Å². The Labute approximate surface area is 111 Å². The molecule has 0 bridgehead atoms. The molecular weight excluding hydrogens is 244 g/mol. The van der Waals surface area contributed by atoms with Crippen molar-refractivity contribution >= 4 is 11.3 Å². The van der Waals surface area contributed by atoms with Crippen LogP contribution < -0.4 is 0 Å². The third-order valence-electron chi connectivity index (χ3n) is 3.52. The molecular formula is C14H16N2OS. The lowest BCUT2D eigenvalue weighted by Gasteiger charge is -2.23. The molecule has 2 aromatic rings. The van der Waals surface area contributed by atoms with E-state index in [0.29, 0.717) is 5.92 Å². The average molecular weight is 260 g/mol. The van der Waals surface area contributed by atoms with Crippen LogP contribution in [0.4, 0.5) is 0 Å². The zero-order chi connectivity index (χ0) is 12.4. The number of hydrogen-bond acceptors (Lipinski definition) is 4. The molecule has 0 radical (unpaired) electrons. The Hall–Kier alpha value is -1.26. The summed E-state index contributed by atoms with van der Waals surface area (Å²) in [6.07, 6.45) is 5.60. The van der Waals surface area contributed by atoms with Crippen molar-refractivity contribution in [1.29, 1.82) is 0 Å². The number of aromatic nitrogens is 2. The molecule has 1 N–H and O–H groups in total. The highest BCUT2D eigenvalue weighted by Crippen LogP contribution is 2.34. The van der Waals surface area contributed by atoms with Gasteiger partial charge in [-0.15, -0.1) is 11.3 Å². The van der Waals surface area contributed by atoms with E-state index >= 15 is 0 Å². The summed E-state index contributed by atoms with van der Waals surface area (Å²) in [7, 11) is 0. The molecule has 2 heterocycles. The number of hydrogen-bond donors (Lipinski definition) is 1. The van der Waals surface area contributed by atoms with E-state index in [-0.39, 0.29) is 6.10 Å². The SMILES string of the molecule is OC1CCC(c2csc(-c3ccccn3)n2)CC1. The second-order valence-corrected chi connectivity index (χ2v) is 5.66. The highest BCUT2D eigenvalue weighted by molar-refractivity contribution is 7.13. The van der Waals surface area contributed by atoms with Crippen molar-refractivity contribution in [2.75, 3.05) is 0 Å². The van der Waals surface area contributed by atoms with Crippen LogP contribution in [0.2, 0.25) is 0 Å². The van der Waals surface area contributed by atoms with Gasteiger partial charge < -0.3 is 5.11 Å². The minimum Gasteiger partial charge on any atom is -0.393 e. The van der Waals surface area contributed by atoms with Gasteiger partial charge in [-0.25, -0.2) is 4.98 Å². The van der Waals surface area contributed by atoms with Gasteiger partial charge in [0.15, 0.2) is 0 Å². The monoisotopic (exact) mass is 260 g/mol.